The van der Waals surface area contributed by atoms with Crippen molar-refractivity contribution in [1.29, 1.82) is 0 Å². The van der Waals surface area contributed by atoms with Gasteiger partial charge in [0.15, 0.2) is 18.4 Å². The number of aldehydes is 1. The zero-order valence-corrected chi connectivity index (χ0v) is 46.3. The van der Waals surface area contributed by atoms with Gasteiger partial charge in [-0.05, 0) is 95.1 Å². The molecular formula is C54H84N6O14S. The lowest BCUT2D eigenvalue weighted by Gasteiger charge is -2.47. The molecule has 6 N–H and O–H groups in total. The van der Waals surface area contributed by atoms with Crippen LogP contribution in [0.5, 0.6) is 0 Å². The van der Waals surface area contributed by atoms with Crippen LogP contribution >= 0.6 is 11.9 Å². The molecule has 2 saturated heterocycles. The molecular weight excluding hydrogens is 989 g/mol. The molecule has 75 heavy (non-hydrogen) atoms. The Hall–Kier alpha value is -3.94. The molecule has 420 valence electrons. The van der Waals surface area contributed by atoms with Gasteiger partial charge < -0.3 is 63.8 Å². The van der Waals surface area contributed by atoms with E-state index in [1.165, 1.54) is 36.3 Å². The highest BCUT2D eigenvalue weighted by Gasteiger charge is 2.48. The van der Waals surface area contributed by atoms with Crippen molar-refractivity contribution in [3.8, 4) is 0 Å². The Kier molecular flexibility index (Phi) is 25.0. The second kappa shape index (κ2) is 30.3. The Bertz CT molecular complexity index is 2180. The largest absolute Gasteiger partial charge is 0.462 e. The Morgan fingerprint density at radius 3 is 2.23 bits per heavy atom. The molecule has 0 radical (unpaired) electrons. The predicted octanol–water partition coefficient (Wildman–Crippen LogP) is 4.09. The molecule has 21 heteroatoms. The molecule has 2 fully saturated rings. The molecule has 10 unspecified atom stereocenters. The Morgan fingerprint density at radius 1 is 0.920 bits per heavy atom. The van der Waals surface area contributed by atoms with Gasteiger partial charge in [0, 0.05) is 62.2 Å². The molecule has 4 aliphatic heterocycles. The Balaban J connectivity index is 0.000000428. The molecule has 2 aromatic rings. The number of esters is 1. The third-order valence-corrected chi connectivity index (χ3v) is 15.6. The number of nitrogens with zero attached hydrogens (tertiary/aromatic N) is 4. The molecule has 6 rings (SSSR count). The minimum atomic E-state index is -1.32. The van der Waals surface area contributed by atoms with Crippen LogP contribution in [0.25, 0.3) is 4.91 Å². The molecule has 0 bridgehead atoms. The van der Waals surface area contributed by atoms with Crippen molar-refractivity contribution in [2.45, 2.75) is 180 Å². The summed E-state index contributed by atoms with van der Waals surface area (Å²) in [7, 11) is 4.71. The van der Waals surface area contributed by atoms with Crippen LogP contribution < -0.4 is 10.3 Å². The van der Waals surface area contributed by atoms with Crippen molar-refractivity contribution in [2.24, 2.45) is 23.7 Å². The molecule has 0 saturated carbocycles. The zero-order valence-electron chi connectivity index (χ0n) is 45.5. The highest BCUT2D eigenvalue weighted by molar-refractivity contribution is 8.06. The van der Waals surface area contributed by atoms with E-state index in [1.54, 1.807) is 57.7 Å². The first-order valence-corrected chi connectivity index (χ1v) is 27.1. The summed E-state index contributed by atoms with van der Waals surface area (Å²) in [6.45, 7) is 15.9. The van der Waals surface area contributed by atoms with E-state index in [4.69, 9.17) is 33.2 Å². The number of aliphatic hydroxyl groups excluding tert-OH is 4. The summed E-state index contributed by atoms with van der Waals surface area (Å²) in [6.07, 6.45) is 0.558. The van der Waals surface area contributed by atoms with Crippen molar-refractivity contribution in [2.75, 3.05) is 34.4 Å². The number of methoxy groups -OCH3 is 2. The van der Waals surface area contributed by atoms with Gasteiger partial charge in [-0.2, -0.15) is 4.83 Å². The molecule has 20 nitrogen and oxygen atoms in total. The van der Waals surface area contributed by atoms with Crippen molar-refractivity contribution < 1.29 is 68.0 Å². The number of hydrogen-bond acceptors (Lipinski definition) is 20. The second-order valence-electron chi connectivity index (χ2n) is 20.1. The fourth-order valence-electron chi connectivity index (χ4n) is 9.92. The predicted molar refractivity (Wildman–Crippen MR) is 282 cm³/mol. The maximum absolute atomic E-state index is 13.6. The lowest BCUT2D eigenvalue weighted by atomic mass is 9.79. The molecule has 0 amide bonds. The SMILES string of the molecule is CC[C@H]1OC(=O)C[C@@H](O)[C@H](C)[C@@H](OC2OC(C)C(O)C(N(C)CC)C2O)[C@@H](CC=O)C[C@@H](C)C(=O)/C=C/C(C)=C/[C@@H]1COC1OC(C)C(O)C(OC)C1OC.CCc1cn(CCc2ccc(C3=CNNS3)cc2)nn1. The number of hydrazine groups is 1. The van der Waals surface area contributed by atoms with E-state index < -0.39 is 116 Å². The molecule has 1 aromatic carbocycles. The number of hydrogen-bond donors (Lipinski definition) is 6. The molecule has 4 aliphatic rings. The second-order valence-corrected chi connectivity index (χ2v) is 20.9. The number of aryl methyl sites for hydroxylation is 3. The molecule has 1 aromatic heterocycles. The summed E-state index contributed by atoms with van der Waals surface area (Å²) in [5.74, 6) is -3.37. The van der Waals surface area contributed by atoms with Crippen LogP contribution in [-0.4, -0.2) is 172 Å². The van der Waals surface area contributed by atoms with E-state index in [2.05, 4.69) is 51.8 Å². The minimum absolute atomic E-state index is 0.0123. The third-order valence-electron chi connectivity index (χ3n) is 14.8. The van der Waals surface area contributed by atoms with E-state index in [0.717, 1.165) is 31.4 Å². The van der Waals surface area contributed by atoms with Gasteiger partial charge in [-0.15, -0.1) is 5.10 Å². The fourth-order valence-corrected chi connectivity index (χ4v) is 10.5. The summed E-state index contributed by atoms with van der Waals surface area (Å²) < 4.78 is 43.7. The van der Waals surface area contributed by atoms with Crippen molar-refractivity contribution in [3.63, 3.8) is 0 Å². The van der Waals surface area contributed by atoms with E-state index in [-0.39, 0.29) is 25.2 Å². The number of nitrogens with one attached hydrogen (secondary N) is 2. The van der Waals surface area contributed by atoms with Crippen LogP contribution in [0, 0.1) is 23.7 Å². The van der Waals surface area contributed by atoms with Crippen molar-refractivity contribution >= 4 is 34.9 Å². The highest BCUT2D eigenvalue weighted by atomic mass is 32.2. The first kappa shape index (κ1) is 61.9. The number of ketones is 1. The average molecular weight is 1070 g/mol. The van der Waals surface area contributed by atoms with Gasteiger partial charge in [0.25, 0.3) is 0 Å². The van der Waals surface area contributed by atoms with Crippen LogP contribution in [-0.2, 0) is 66.9 Å². The third kappa shape index (κ3) is 17.0. The van der Waals surface area contributed by atoms with Crippen LogP contribution in [0.2, 0.25) is 0 Å². The van der Waals surface area contributed by atoms with Crippen molar-refractivity contribution in [3.05, 3.63) is 77.3 Å². The van der Waals surface area contributed by atoms with Gasteiger partial charge in [0.05, 0.1) is 55.3 Å². The van der Waals surface area contributed by atoms with Gasteiger partial charge in [-0.25, -0.2) is 0 Å². The van der Waals surface area contributed by atoms with Crippen LogP contribution in [0.4, 0.5) is 0 Å². The highest BCUT2D eigenvalue weighted by Crippen LogP contribution is 2.35. The maximum Gasteiger partial charge on any atom is 0.308 e. The number of benzene rings is 1. The van der Waals surface area contributed by atoms with Crippen LogP contribution in [0.3, 0.4) is 0 Å². The van der Waals surface area contributed by atoms with E-state index in [0.29, 0.717) is 18.5 Å². The maximum atomic E-state index is 13.6. The first-order chi connectivity index (χ1) is 35.9. The van der Waals surface area contributed by atoms with Gasteiger partial charge in [0.1, 0.15) is 36.8 Å². The molecule has 5 heterocycles. The fraction of sp³-hybridized carbons (Fsp3) is 0.685. The summed E-state index contributed by atoms with van der Waals surface area (Å²) in [5, 5.41) is 52.8. The number of ether oxygens (including phenoxy) is 7. The van der Waals surface area contributed by atoms with E-state index in [1.807, 2.05) is 43.9 Å². The number of allylic oxidation sites excluding steroid dienone is 3. The van der Waals surface area contributed by atoms with Crippen molar-refractivity contribution in [1.82, 2.24) is 30.2 Å². The number of cyclic esters (lactones) is 1. The number of aromatic nitrogens is 3. The Labute approximate surface area is 447 Å². The topological polar surface area (TPSA) is 255 Å². The monoisotopic (exact) mass is 1070 g/mol. The smallest absolute Gasteiger partial charge is 0.308 e. The first-order valence-electron chi connectivity index (χ1n) is 26.3. The molecule has 17 atom stereocenters. The normalized spacial score (nSPS) is 35.3. The van der Waals surface area contributed by atoms with Gasteiger partial charge in [0.2, 0.25) is 0 Å². The lowest BCUT2D eigenvalue weighted by molar-refractivity contribution is -0.305. The number of carbonyl (C=O) groups excluding carboxylic acids is 3. The number of aliphatic hydroxyl groups is 4. The quantitative estimate of drug-likeness (QED) is 0.0741. The standard InChI is InChI=1S/C40H67NO14.C14H17N5S/c1-11-30-27(20-51-40-38(50-10)37(49-9)34(47)25(7)53-40)17-21(3)13-14-28(43)22(4)18-26(15-16-42)36(23(5)29(44)19-31(45)54-30)55-39-35(48)32(41(8)12-2)33(46)24(6)52-39;1-2-13-10-19(17-16-13)8-7-11-3-5-12(6-4-11)14-9-15-18-20-14/h13-14,16-17,22-27,29-30,32-40,44,46-48H,11-12,15,18-20H2,1-10H3;3-6,9-10,15,18H,2,7-8H2,1H3/b14-13+,21-17+;/t22-,23+,24?,25?,26+,27-,29-,30-,32?,33?,34?,35?,36-,37?,38?,39?,40?;/m1./s1. The minimum Gasteiger partial charge on any atom is -0.462 e. The lowest BCUT2D eigenvalue weighted by Crippen LogP contribution is -2.63. The summed E-state index contributed by atoms with van der Waals surface area (Å²) in [6, 6.07) is 7.93. The van der Waals surface area contributed by atoms with Gasteiger partial charge >= 0.3 is 5.97 Å². The van der Waals surface area contributed by atoms with Crippen LogP contribution in [0.1, 0.15) is 97.9 Å². The summed E-state index contributed by atoms with van der Waals surface area (Å²) in [5.41, 5.74) is 7.26. The number of rotatable bonds is 17. The summed E-state index contributed by atoms with van der Waals surface area (Å²) >= 11 is 1.59. The molecule has 0 aliphatic carbocycles. The van der Waals surface area contributed by atoms with E-state index >= 15 is 0 Å². The molecule has 0 spiro atoms. The number of carbonyl (C=O) groups is 3. The van der Waals surface area contributed by atoms with E-state index in [9.17, 15) is 34.8 Å². The Morgan fingerprint density at radius 2 is 1.61 bits per heavy atom. The van der Waals surface area contributed by atoms with Gasteiger partial charge in [-0.1, -0.05) is 81.8 Å². The van der Waals surface area contributed by atoms with Gasteiger partial charge in [-0.3, -0.25) is 19.2 Å². The summed E-state index contributed by atoms with van der Waals surface area (Å²) in [4.78, 5) is 45.2. The zero-order chi connectivity index (χ0) is 54.9. The number of likely N-dealkylation sites (N-methyl/N-ethyl adjacent to an activating group) is 1. The van der Waals surface area contributed by atoms with Crippen LogP contribution in [0.15, 0.2) is 60.5 Å². The average Bonchev–Trinajstić information content (AvgIpc) is 4.12.